The number of piperidine rings is 1. The molecule has 1 heterocycles. The van der Waals surface area contributed by atoms with Crippen molar-refractivity contribution < 1.29 is 14.6 Å². The summed E-state index contributed by atoms with van der Waals surface area (Å²) in [6, 6.07) is 9.05. The molecule has 2 atom stereocenters. The van der Waals surface area contributed by atoms with Crippen LogP contribution in [0.3, 0.4) is 0 Å². The lowest BCUT2D eigenvalue weighted by molar-refractivity contribution is -0.145. The zero-order chi connectivity index (χ0) is 15.3. The Bertz CT molecular complexity index is 464. The Morgan fingerprint density at radius 2 is 2.19 bits per heavy atom. The fraction of sp³-hybridized carbons (Fsp3) is 0.562. The highest BCUT2D eigenvalue weighted by molar-refractivity contribution is 5.80. The molecule has 21 heavy (non-hydrogen) atoms. The SMILES string of the molecule is CCOC1CCCN(CC(N)(C(=O)O)c2ccccc2)C1. The summed E-state index contributed by atoms with van der Waals surface area (Å²) >= 11 is 0. The first-order valence-electron chi connectivity index (χ1n) is 7.48. The smallest absolute Gasteiger partial charge is 0.329 e. The van der Waals surface area contributed by atoms with Crippen LogP contribution in [0.5, 0.6) is 0 Å². The summed E-state index contributed by atoms with van der Waals surface area (Å²) in [5.41, 5.74) is 5.49. The molecular formula is C16H24N2O3. The first-order chi connectivity index (χ1) is 10.1. The van der Waals surface area contributed by atoms with Gasteiger partial charge in [0, 0.05) is 19.7 Å². The van der Waals surface area contributed by atoms with E-state index in [4.69, 9.17) is 10.5 Å². The van der Waals surface area contributed by atoms with Crippen LogP contribution in [-0.2, 0) is 15.1 Å². The first kappa shape index (κ1) is 15.9. The molecule has 1 saturated heterocycles. The highest BCUT2D eigenvalue weighted by atomic mass is 16.5. The Kier molecular flexibility index (Phi) is 5.33. The van der Waals surface area contributed by atoms with E-state index in [0.717, 1.165) is 25.9 Å². The van der Waals surface area contributed by atoms with E-state index in [-0.39, 0.29) is 6.10 Å². The van der Waals surface area contributed by atoms with Gasteiger partial charge in [0.15, 0.2) is 5.54 Å². The molecule has 0 spiro atoms. The molecule has 1 aromatic rings. The van der Waals surface area contributed by atoms with E-state index in [2.05, 4.69) is 4.90 Å². The lowest BCUT2D eigenvalue weighted by Gasteiger charge is -2.37. The molecule has 1 aliphatic rings. The molecule has 1 aliphatic heterocycles. The fourth-order valence-corrected chi connectivity index (χ4v) is 2.90. The minimum Gasteiger partial charge on any atom is -0.480 e. The van der Waals surface area contributed by atoms with Crippen molar-refractivity contribution >= 4 is 5.97 Å². The van der Waals surface area contributed by atoms with Crippen LogP contribution in [0.4, 0.5) is 0 Å². The van der Waals surface area contributed by atoms with Crippen molar-refractivity contribution in [2.24, 2.45) is 5.73 Å². The summed E-state index contributed by atoms with van der Waals surface area (Å²) in [6.07, 6.45) is 2.22. The second-order valence-corrected chi connectivity index (χ2v) is 5.60. The number of nitrogens with two attached hydrogens (primary N) is 1. The van der Waals surface area contributed by atoms with Crippen molar-refractivity contribution in [2.45, 2.75) is 31.4 Å². The summed E-state index contributed by atoms with van der Waals surface area (Å²) < 4.78 is 5.66. The second-order valence-electron chi connectivity index (χ2n) is 5.60. The van der Waals surface area contributed by atoms with Gasteiger partial charge in [-0.15, -0.1) is 0 Å². The monoisotopic (exact) mass is 292 g/mol. The van der Waals surface area contributed by atoms with E-state index in [1.54, 1.807) is 12.1 Å². The second kappa shape index (κ2) is 7.02. The summed E-state index contributed by atoms with van der Waals surface area (Å²) in [5, 5.41) is 9.60. The molecule has 0 saturated carbocycles. The molecule has 0 aromatic heterocycles. The largest absolute Gasteiger partial charge is 0.480 e. The van der Waals surface area contributed by atoms with Crippen LogP contribution in [-0.4, -0.2) is 48.3 Å². The van der Waals surface area contributed by atoms with Crippen LogP contribution >= 0.6 is 0 Å². The summed E-state index contributed by atoms with van der Waals surface area (Å²) in [7, 11) is 0. The van der Waals surface area contributed by atoms with Gasteiger partial charge in [-0.2, -0.15) is 0 Å². The van der Waals surface area contributed by atoms with Gasteiger partial charge < -0.3 is 15.6 Å². The van der Waals surface area contributed by atoms with Crippen molar-refractivity contribution in [3.63, 3.8) is 0 Å². The number of benzene rings is 1. The minimum absolute atomic E-state index is 0.178. The number of rotatable bonds is 6. The first-order valence-corrected chi connectivity index (χ1v) is 7.48. The fourth-order valence-electron chi connectivity index (χ4n) is 2.90. The third-order valence-electron chi connectivity index (χ3n) is 4.01. The van der Waals surface area contributed by atoms with Gasteiger partial charge in [-0.05, 0) is 31.9 Å². The van der Waals surface area contributed by atoms with Gasteiger partial charge in [0.2, 0.25) is 0 Å². The van der Waals surface area contributed by atoms with Gasteiger partial charge in [0.05, 0.1) is 6.10 Å². The molecular weight excluding hydrogens is 268 g/mol. The number of carbonyl (C=O) groups is 1. The van der Waals surface area contributed by atoms with Crippen molar-refractivity contribution in [1.82, 2.24) is 4.90 Å². The summed E-state index contributed by atoms with van der Waals surface area (Å²) in [6.45, 7) is 4.57. The van der Waals surface area contributed by atoms with Crippen molar-refractivity contribution in [2.75, 3.05) is 26.2 Å². The van der Waals surface area contributed by atoms with Gasteiger partial charge in [-0.25, -0.2) is 4.79 Å². The van der Waals surface area contributed by atoms with E-state index < -0.39 is 11.5 Å². The van der Waals surface area contributed by atoms with E-state index >= 15 is 0 Å². The topological polar surface area (TPSA) is 75.8 Å². The molecule has 0 radical (unpaired) electrons. The summed E-state index contributed by atoms with van der Waals surface area (Å²) in [4.78, 5) is 13.8. The Morgan fingerprint density at radius 3 is 2.81 bits per heavy atom. The summed E-state index contributed by atoms with van der Waals surface area (Å²) in [5.74, 6) is -0.993. The third kappa shape index (κ3) is 3.81. The number of hydrogen-bond acceptors (Lipinski definition) is 4. The maximum absolute atomic E-state index is 11.7. The predicted molar refractivity (Wildman–Crippen MR) is 81.0 cm³/mol. The highest BCUT2D eigenvalue weighted by Gasteiger charge is 2.38. The Labute approximate surface area is 125 Å². The molecule has 116 valence electrons. The zero-order valence-corrected chi connectivity index (χ0v) is 12.5. The normalized spacial score (nSPS) is 22.7. The minimum atomic E-state index is -1.38. The molecule has 0 aliphatic carbocycles. The number of hydrogen-bond donors (Lipinski definition) is 2. The average molecular weight is 292 g/mol. The van der Waals surface area contributed by atoms with Crippen molar-refractivity contribution in [3.8, 4) is 0 Å². The van der Waals surface area contributed by atoms with Crippen LogP contribution in [0.25, 0.3) is 0 Å². The molecule has 1 aromatic carbocycles. The number of carboxylic acids is 1. The maximum Gasteiger partial charge on any atom is 0.329 e. The van der Waals surface area contributed by atoms with E-state index in [9.17, 15) is 9.90 Å². The maximum atomic E-state index is 11.7. The van der Waals surface area contributed by atoms with E-state index in [1.807, 2.05) is 25.1 Å². The lowest BCUT2D eigenvalue weighted by Crippen LogP contribution is -2.55. The van der Waals surface area contributed by atoms with Crippen LogP contribution in [0.2, 0.25) is 0 Å². The van der Waals surface area contributed by atoms with Crippen LogP contribution in [0.15, 0.2) is 30.3 Å². The highest BCUT2D eigenvalue weighted by Crippen LogP contribution is 2.23. The molecule has 0 bridgehead atoms. The molecule has 2 rings (SSSR count). The number of ether oxygens (including phenoxy) is 1. The Hall–Kier alpha value is -1.43. The van der Waals surface area contributed by atoms with Crippen LogP contribution < -0.4 is 5.73 Å². The van der Waals surface area contributed by atoms with E-state index in [0.29, 0.717) is 18.7 Å². The van der Waals surface area contributed by atoms with Gasteiger partial charge in [0.1, 0.15) is 0 Å². The van der Waals surface area contributed by atoms with Gasteiger partial charge >= 0.3 is 5.97 Å². The standard InChI is InChI=1S/C16H24N2O3/c1-2-21-14-9-6-10-18(11-14)12-16(17,15(19)20)13-7-4-3-5-8-13/h3-5,7-8,14H,2,6,9-12,17H2,1H3,(H,19,20). The molecule has 5 nitrogen and oxygen atoms in total. The van der Waals surface area contributed by atoms with Gasteiger partial charge in [-0.1, -0.05) is 30.3 Å². The Balaban J connectivity index is 2.11. The quantitative estimate of drug-likeness (QED) is 0.829. The van der Waals surface area contributed by atoms with Crippen molar-refractivity contribution in [3.05, 3.63) is 35.9 Å². The molecule has 3 N–H and O–H groups in total. The van der Waals surface area contributed by atoms with Crippen molar-refractivity contribution in [1.29, 1.82) is 0 Å². The molecule has 5 heteroatoms. The molecule has 1 fully saturated rings. The number of aliphatic carboxylic acids is 1. The lowest BCUT2D eigenvalue weighted by atomic mass is 9.89. The number of carboxylic acid groups (broad SMARTS) is 1. The van der Waals surface area contributed by atoms with Crippen LogP contribution in [0.1, 0.15) is 25.3 Å². The third-order valence-corrected chi connectivity index (χ3v) is 4.01. The predicted octanol–water partition coefficient (Wildman–Crippen LogP) is 1.43. The zero-order valence-electron chi connectivity index (χ0n) is 12.5. The molecule has 2 unspecified atom stereocenters. The van der Waals surface area contributed by atoms with Gasteiger partial charge in [0.25, 0.3) is 0 Å². The number of nitrogens with zero attached hydrogens (tertiary/aromatic N) is 1. The van der Waals surface area contributed by atoms with E-state index in [1.165, 1.54) is 0 Å². The number of likely N-dealkylation sites (tertiary alicyclic amines) is 1. The average Bonchev–Trinajstić information content (AvgIpc) is 2.48. The molecule has 0 amide bonds. The Morgan fingerprint density at radius 1 is 1.48 bits per heavy atom. The van der Waals surface area contributed by atoms with Crippen LogP contribution in [0, 0.1) is 0 Å². The van der Waals surface area contributed by atoms with Gasteiger partial charge in [-0.3, -0.25) is 4.90 Å².